The third-order valence-electron chi connectivity index (χ3n) is 14.1. The van der Waals surface area contributed by atoms with Gasteiger partial charge in [-0.1, -0.05) is 255 Å². The summed E-state index contributed by atoms with van der Waals surface area (Å²) < 4.78 is 0. The van der Waals surface area contributed by atoms with Crippen LogP contribution in [0, 0.1) is 0 Å². The van der Waals surface area contributed by atoms with Gasteiger partial charge in [0.05, 0.1) is 0 Å². The van der Waals surface area contributed by atoms with Crippen molar-refractivity contribution in [3.8, 4) is 66.8 Å². The first-order valence-electron chi connectivity index (χ1n) is 26.0. The van der Waals surface area contributed by atoms with Gasteiger partial charge in [-0.15, -0.1) is 0 Å². The fraction of sp³-hybridized carbons (Fsp3) is 0. The monoisotopic (exact) mass is 970 g/mol. The average molecular weight is 971 g/mol. The third kappa shape index (κ3) is 10.6. The largest absolute Gasteiger partial charge is 0.310 e. The van der Waals surface area contributed by atoms with E-state index >= 15 is 0 Å². The van der Waals surface area contributed by atoms with Crippen molar-refractivity contribution < 1.29 is 0 Å². The van der Waals surface area contributed by atoms with Gasteiger partial charge in [-0.05, 0) is 151 Å². The number of benzene rings is 12. The maximum absolute atomic E-state index is 2.35. The molecule has 0 fully saturated rings. The summed E-state index contributed by atoms with van der Waals surface area (Å²) in [6.45, 7) is 0. The van der Waals surface area contributed by atoms with Crippen LogP contribution in [-0.4, -0.2) is 0 Å². The molecule has 0 unspecified atom stereocenters. The summed E-state index contributed by atoms with van der Waals surface area (Å²) >= 11 is 0. The number of hydrogen-bond donors (Lipinski definition) is 0. The van der Waals surface area contributed by atoms with Crippen LogP contribution in [0.2, 0.25) is 0 Å². The molecule has 0 saturated heterocycles. The minimum atomic E-state index is 1.09. The summed E-state index contributed by atoms with van der Waals surface area (Å²) in [4.78, 5) is 4.71. The first-order valence-corrected chi connectivity index (χ1v) is 26.0. The van der Waals surface area contributed by atoms with Crippen molar-refractivity contribution in [2.75, 3.05) is 9.80 Å². The lowest BCUT2D eigenvalue weighted by molar-refractivity contribution is 1.28. The van der Waals surface area contributed by atoms with Crippen molar-refractivity contribution in [1.29, 1.82) is 0 Å². The topological polar surface area (TPSA) is 6.48 Å². The Bertz CT molecular complexity index is 3440. The van der Waals surface area contributed by atoms with Crippen molar-refractivity contribution >= 4 is 46.3 Å². The second-order valence-corrected chi connectivity index (χ2v) is 19.0. The predicted molar refractivity (Wildman–Crippen MR) is 324 cm³/mol. The molecule has 76 heavy (non-hydrogen) atoms. The Morgan fingerprint density at radius 1 is 0.158 bits per heavy atom. The highest BCUT2D eigenvalue weighted by Gasteiger charge is 2.17. The van der Waals surface area contributed by atoms with Crippen LogP contribution in [0.15, 0.2) is 315 Å². The van der Waals surface area contributed by atoms with Crippen LogP contribution in [0.1, 0.15) is 11.1 Å². The molecule has 0 aliphatic rings. The highest BCUT2D eigenvalue weighted by Crippen LogP contribution is 2.41. The van der Waals surface area contributed by atoms with Gasteiger partial charge in [0.2, 0.25) is 0 Å². The first-order chi connectivity index (χ1) is 37.6. The minimum absolute atomic E-state index is 1.09. The van der Waals surface area contributed by atoms with Gasteiger partial charge in [0, 0.05) is 34.1 Å². The Morgan fingerprint density at radius 2 is 0.368 bits per heavy atom. The van der Waals surface area contributed by atoms with Crippen LogP contribution >= 0.6 is 0 Å². The van der Waals surface area contributed by atoms with Gasteiger partial charge in [-0.25, -0.2) is 0 Å². The van der Waals surface area contributed by atoms with E-state index in [4.69, 9.17) is 0 Å². The fourth-order valence-corrected chi connectivity index (χ4v) is 10.1. The normalized spacial score (nSPS) is 11.1. The zero-order valence-corrected chi connectivity index (χ0v) is 42.1. The summed E-state index contributed by atoms with van der Waals surface area (Å²) in [5.74, 6) is 0. The lowest BCUT2D eigenvalue weighted by atomic mass is 10.0. The lowest BCUT2D eigenvalue weighted by Crippen LogP contribution is -2.10. The minimum Gasteiger partial charge on any atom is -0.310 e. The lowest BCUT2D eigenvalue weighted by Gasteiger charge is -2.27. The highest BCUT2D eigenvalue weighted by molar-refractivity contribution is 5.86. The van der Waals surface area contributed by atoms with E-state index in [9.17, 15) is 0 Å². The molecule has 0 aliphatic heterocycles. The van der Waals surface area contributed by atoms with Crippen molar-refractivity contribution in [2.24, 2.45) is 0 Å². The summed E-state index contributed by atoms with van der Waals surface area (Å²) in [6.07, 6.45) is 4.38. The van der Waals surface area contributed by atoms with Crippen LogP contribution in [-0.2, 0) is 0 Å². The molecule has 0 amide bonds. The average Bonchev–Trinajstić information content (AvgIpc) is 3.51. The molecule has 0 aromatic heterocycles. The Balaban J connectivity index is 0.758. The molecule has 0 spiro atoms. The van der Waals surface area contributed by atoms with Crippen molar-refractivity contribution in [2.45, 2.75) is 0 Å². The summed E-state index contributed by atoms with van der Waals surface area (Å²) in [5.41, 5.74) is 23.1. The SMILES string of the molecule is C(=C\c1ccc(-c2ccc(N(c3cccc(-c4ccccc4)c3)c3cccc(-c4ccccc4)c3)cc2)cc1)/c1ccc(-c2ccc(N(c3cccc(-c4ccccc4)c3)c3cccc(-c4ccccc4)c3)cc2)cc1. The maximum atomic E-state index is 2.35. The summed E-state index contributed by atoms with van der Waals surface area (Å²) in [7, 11) is 0. The van der Waals surface area contributed by atoms with Gasteiger partial charge in [0.1, 0.15) is 0 Å². The zero-order chi connectivity index (χ0) is 50.9. The van der Waals surface area contributed by atoms with Crippen molar-refractivity contribution in [1.82, 2.24) is 0 Å². The van der Waals surface area contributed by atoms with Gasteiger partial charge in [-0.3, -0.25) is 0 Å². The predicted octanol–water partition coefficient (Wildman–Crippen LogP) is 20.8. The molecular weight excluding hydrogens is 917 g/mol. The second kappa shape index (κ2) is 22.0. The number of hydrogen-bond acceptors (Lipinski definition) is 2. The van der Waals surface area contributed by atoms with Gasteiger partial charge in [-0.2, -0.15) is 0 Å². The van der Waals surface area contributed by atoms with E-state index in [1.165, 1.54) is 66.8 Å². The molecule has 12 aromatic carbocycles. The first kappa shape index (κ1) is 47.0. The molecule has 0 radical (unpaired) electrons. The van der Waals surface area contributed by atoms with Crippen molar-refractivity contribution in [3.63, 3.8) is 0 Å². The zero-order valence-electron chi connectivity index (χ0n) is 42.1. The molecule has 360 valence electrons. The molecule has 0 bridgehead atoms. The highest BCUT2D eigenvalue weighted by atomic mass is 15.1. The Hall–Kier alpha value is -10.0. The molecule has 12 rings (SSSR count). The van der Waals surface area contributed by atoms with E-state index in [1.54, 1.807) is 0 Å². The van der Waals surface area contributed by atoms with Gasteiger partial charge in [0.25, 0.3) is 0 Å². The van der Waals surface area contributed by atoms with E-state index in [0.717, 1.165) is 45.3 Å². The van der Waals surface area contributed by atoms with E-state index in [0.29, 0.717) is 0 Å². The molecule has 0 N–H and O–H groups in total. The Morgan fingerprint density at radius 3 is 0.618 bits per heavy atom. The van der Waals surface area contributed by atoms with Crippen LogP contribution in [0.4, 0.5) is 34.1 Å². The van der Waals surface area contributed by atoms with Gasteiger partial charge < -0.3 is 9.80 Å². The van der Waals surface area contributed by atoms with E-state index < -0.39 is 0 Å². The smallest absolute Gasteiger partial charge is 0.0467 e. The van der Waals surface area contributed by atoms with Crippen LogP contribution < -0.4 is 9.80 Å². The summed E-state index contributed by atoms with van der Waals surface area (Å²) in [6, 6.07) is 113. The summed E-state index contributed by atoms with van der Waals surface area (Å²) in [5, 5.41) is 0. The number of rotatable bonds is 14. The standard InChI is InChI=1S/C74H54N2/c1-5-17-57(18-6-1)65-25-13-29-71(51-65)75(72-30-14-26-66(52-72)58-19-7-2-8-20-58)69-47-43-63(44-48-69)61-39-35-55(36-40-61)33-34-56-37-41-62(42-38-56)64-45-49-70(50-46-64)76(73-31-15-27-67(53-73)59-21-9-3-10-22-59)74-32-16-28-68(54-74)60-23-11-4-12-24-60/h1-54H/b34-33+. The Labute approximate surface area is 447 Å². The molecule has 0 heterocycles. The Kier molecular flexibility index (Phi) is 13.6. The molecule has 0 aliphatic carbocycles. The molecule has 2 nitrogen and oxygen atoms in total. The second-order valence-electron chi connectivity index (χ2n) is 19.0. The van der Waals surface area contributed by atoms with Crippen molar-refractivity contribution in [3.05, 3.63) is 327 Å². The molecule has 2 heteroatoms. The number of nitrogens with zero attached hydrogens (tertiary/aromatic N) is 2. The maximum Gasteiger partial charge on any atom is 0.0467 e. The third-order valence-corrected chi connectivity index (χ3v) is 14.1. The van der Waals surface area contributed by atoms with Gasteiger partial charge >= 0.3 is 0 Å². The molecular formula is C74H54N2. The van der Waals surface area contributed by atoms with Crippen LogP contribution in [0.5, 0.6) is 0 Å². The van der Waals surface area contributed by atoms with Crippen LogP contribution in [0.3, 0.4) is 0 Å². The van der Waals surface area contributed by atoms with Gasteiger partial charge in [0.15, 0.2) is 0 Å². The van der Waals surface area contributed by atoms with E-state index in [2.05, 4.69) is 337 Å². The fourth-order valence-electron chi connectivity index (χ4n) is 10.1. The van der Waals surface area contributed by atoms with Crippen LogP contribution in [0.25, 0.3) is 78.9 Å². The number of anilines is 6. The molecule has 12 aromatic rings. The van der Waals surface area contributed by atoms with E-state index in [-0.39, 0.29) is 0 Å². The quantitative estimate of drug-likeness (QED) is 0.100. The molecule has 0 saturated carbocycles. The molecule has 0 atom stereocenters. The van der Waals surface area contributed by atoms with E-state index in [1.807, 2.05) is 0 Å².